The number of methoxy groups -OCH3 is 3. The van der Waals surface area contributed by atoms with E-state index in [1.165, 1.54) is 39.7 Å². The molecule has 8 heteroatoms. The topological polar surface area (TPSA) is 69.2 Å². The molecule has 0 bridgehead atoms. The first-order chi connectivity index (χ1) is 11.1. The van der Waals surface area contributed by atoms with E-state index in [2.05, 4.69) is 10.5 Å². The fourth-order valence-corrected chi connectivity index (χ4v) is 2.50. The van der Waals surface area contributed by atoms with Gasteiger partial charge >= 0.3 is 0 Å². The van der Waals surface area contributed by atoms with E-state index in [4.69, 9.17) is 14.2 Å². The summed E-state index contributed by atoms with van der Waals surface area (Å²) in [5.41, 5.74) is 2.91. The van der Waals surface area contributed by atoms with Crippen molar-refractivity contribution in [2.75, 3.05) is 21.3 Å². The van der Waals surface area contributed by atoms with Crippen LogP contribution >= 0.6 is 11.3 Å². The number of ether oxygens (including phenoxy) is 3. The highest BCUT2D eigenvalue weighted by molar-refractivity contribution is 7.12. The molecule has 1 aromatic heterocycles. The fourth-order valence-electron chi connectivity index (χ4n) is 1.88. The lowest BCUT2D eigenvalue weighted by Crippen LogP contribution is -2.16. The van der Waals surface area contributed by atoms with Crippen molar-refractivity contribution in [2.45, 2.75) is 0 Å². The van der Waals surface area contributed by atoms with Gasteiger partial charge in [0.15, 0.2) is 16.6 Å². The molecule has 2 rings (SSSR count). The number of halogens is 1. The Morgan fingerprint density at radius 3 is 2.43 bits per heavy atom. The highest BCUT2D eigenvalue weighted by Gasteiger charge is 2.14. The minimum absolute atomic E-state index is 0.235. The lowest BCUT2D eigenvalue weighted by atomic mass is 10.2. The summed E-state index contributed by atoms with van der Waals surface area (Å²) in [5.74, 6) is 0.867. The molecule has 1 aromatic carbocycles. The number of rotatable bonds is 6. The Labute approximate surface area is 136 Å². The molecule has 0 saturated carbocycles. The van der Waals surface area contributed by atoms with Gasteiger partial charge in [-0.2, -0.15) is 9.49 Å². The molecule has 1 amide bonds. The molecule has 0 saturated heterocycles. The summed E-state index contributed by atoms with van der Waals surface area (Å²) in [5, 5.41) is 3.42. The van der Waals surface area contributed by atoms with E-state index in [1.807, 2.05) is 0 Å². The van der Waals surface area contributed by atoms with Gasteiger partial charge in [-0.1, -0.05) is 0 Å². The average molecular weight is 338 g/mol. The predicted molar refractivity (Wildman–Crippen MR) is 85.4 cm³/mol. The lowest BCUT2D eigenvalue weighted by molar-refractivity contribution is 0.0959. The van der Waals surface area contributed by atoms with Gasteiger partial charge in [0.25, 0.3) is 5.91 Å². The Kier molecular flexibility index (Phi) is 5.53. The van der Waals surface area contributed by atoms with Gasteiger partial charge in [-0.25, -0.2) is 5.43 Å². The van der Waals surface area contributed by atoms with E-state index in [0.717, 1.165) is 11.3 Å². The molecule has 0 fully saturated rings. The van der Waals surface area contributed by atoms with Crippen molar-refractivity contribution in [3.8, 4) is 17.2 Å². The summed E-state index contributed by atoms with van der Waals surface area (Å²) >= 11 is 0.747. The quantitative estimate of drug-likeness (QED) is 0.649. The van der Waals surface area contributed by atoms with E-state index in [1.54, 1.807) is 12.1 Å². The van der Waals surface area contributed by atoms with E-state index in [0.29, 0.717) is 22.8 Å². The highest BCUT2D eigenvalue weighted by Crippen LogP contribution is 2.38. The molecule has 0 radical (unpaired) electrons. The number of amides is 1. The molecular formula is C15H15FN2O4S. The van der Waals surface area contributed by atoms with Crippen molar-refractivity contribution in [1.29, 1.82) is 0 Å². The van der Waals surface area contributed by atoms with Crippen molar-refractivity contribution in [3.63, 3.8) is 0 Å². The predicted octanol–water partition coefficient (Wildman–Crippen LogP) is 2.68. The van der Waals surface area contributed by atoms with Crippen LogP contribution in [0, 0.1) is 5.13 Å². The lowest BCUT2D eigenvalue weighted by Gasteiger charge is -2.13. The normalized spacial score (nSPS) is 10.6. The van der Waals surface area contributed by atoms with Crippen LogP contribution in [-0.2, 0) is 0 Å². The third-order valence-electron chi connectivity index (χ3n) is 2.90. The van der Waals surface area contributed by atoms with Crippen LogP contribution in [0.15, 0.2) is 29.4 Å². The van der Waals surface area contributed by atoms with Crippen LogP contribution < -0.4 is 19.6 Å². The number of nitrogens with zero attached hydrogens (tertiary/aromatic N) is 1. The smallest absolute Gasteiger partial charge is 0.281 e. The van der Waals surface area contributed by atoms with E-state index in [-0.39, 0.29) is 4.88 Å². The molecule has 6 nitrogen and oxygen atoms in total. The molecule has 0 aliphatic rings. The number of nitrogens with one attached hydrogen (secondary N) is 1. The van der Waals surface area contributed by atoms with Crippen LogP contribution in [0.3, 0.4) is 0 Å². The van der Waals surface area contributed by atoms with Crippen LogP contribution in [0.1, 0.15) is 15.2 Å². The molecule has 23 heavy (non-hydrogen) atoms. The summed E-state index contributed by atoms with van der Waals surface area (Å²) in [6.07, 6.45) is 1.41. The third-order valence-corrected chi connectivity index (χ3v) is 3.77. The Morgan fingerprint density at radius 1 is 1.13 bits per heavy atom. The fraction of sp³-hybridized carbons (Fsp3) is 0.200. The summed E-state index contributed by atoms with van der Waals surface area (Å²) < 4.78 is 28.6. The number of carbonyl (C=O) groups excluding carboxylic acids is 1. The largest absolute Gasteiger partial charge is 0.493 e. The van der Waals surface area contributed by atoms with Crippen LogP contribution in [0.25, 0.3) is 0 Å². The molecule has 1 N–H and O–H groups in total. The molecule has 1 heterocycles. The van der Waals surface area contributed by atoms with Gasteiger partial charge in [-0.3, -0.25) is 4.79 Å². The number of benzene rings is 1. The standard InChI is InChI=1S/C15H15FN2O4S/c1-20-10-5-4-9(13(21-2)14(10)22-3)8-17-18-15(19)11-6-7-12(16)23-11/h4-8H,1-3H3,(H,18,19). The van der Waals surface area contributed by atoms with Crippen molar-refractivity contribution in [3.05, 3.63) is 39.8 Å². The molecule has 2 aromatic rings. The van der Waals surface area contributed by atoms with E-state index < -0.39 is 11.0 Å². The zero-order valence-corrected chi connectivity index (χ0v) is 13.6. The zero-order chi connectivity index (χ0) is 16.8. The van der Waals surface area contributed by atoms with Crippen LogP contribution in [0.5, 0.6) is 17.2 Å². The molecule has 122 valence electrons. The van der Waals surface area contributed by atoms with Gasteiger partial charge in [0.2, 0.25) is 5.75 Å². The Hall–Kier alpha value is -2.61. The number of carbonyl (C=O) groups is 1. The Balaban J connectivity index is 2.17. The first kappa shape index (κ1) is 16.8. The van der Waals surface area contributed by atoms with Crippen LogP contribution in [-0.4, -0.2) is 33.5 Å². The molecule has 0 unspecified atom stereocenters. The average Bonchev–Trinajstić information content (AvgIpc) is 3.00. The number of hydrogen-bond acceptors (Lipinski definition) is 6. The zero-order valence-electron chi connectivity index (χ0n) is 12.8. The monoisotopic (exact) mass is 338 g/mol. The van der Waals surface area contributed by atoms with Crippen LogP contribution in [0.2, 0.25) is 0 Å². The minimum atomic E-state index is -0.491. The van der Waals surface area contributed by atoms with E-state index >= 15 is 0 Å². The second kappa shape index (κ2) is 7.59. The second-order valence-electron chi connectivity index (χ2n) is 4.23. The maximum absolute atomic E-state index is 12.9. The molecule has 0 aliphatic carbocycles. The van der Waals surface area contributed by atoms with Gasteiger partial charge in [0.05, 0.1) is 32.4 Å². The molecule has 0 spiro atoms. The number of thiophene rings is 1. The SMILES string of the molecule is COc1ccc(C=NNC(=O)c2ccc(F)s2)c(OC)c1OC. The van der Waals surface area contributed by atoms with Gasteiger partial charge in [0.1, 0.15) is 0 Å². The summed E-state index contributed by atoms with van der Waals surface area (Å²) in [4.78, 5) is 12.0. The van der Waals surface area contributed by atoms with Crippen LogP contribution in [0.4, 0.5) is 4.39 Å². The second-order valence-corrected chi connectivity index (χ2v) is 5.26. The maximum atomic E-state index is 12.9. The molecule has 0 atom stereocenters. The van der Waals surface area contributed by atoms with Crippen molar-refractivity contribution < 1.29 is 23.4 Å². The van der Waals surface area contributed by atoms with Gasteiger partial charge in [-0.05, 0) is 24.3 Å². The first-order valence-corrected chi connectivity index (χ1v) is 7.30. The Bertz CT molecular complexity index is 730. The summed E-state index contributed by atoms with van der Waals surface area (Å²) in [7, 11) is 4.50. The first-order valence-electron chi connectivity index (χ1n) is 6.48. The van der Waals surface area contributed by atoms with Crippen molar-refractivity contribution in [1.82, 2.24) is 5.43 Å². The van der Waals surface area contributed by atoms with Gasteiger partial charge in [-0.15, -0.1) is 11.3 Å². The van der Waals surface area contributed by atoms with Gasteiger partial charge < -0.3 is 14.2 Å². The number of hydrazone groups is 1. The van der Waals surface area contributed by atoms with Crippen molar-refractivity contribution in [2.24, 2.45) is 5.10 Å². The summed E-state index contributed by atoms with van der Waals surface area (Å²) in [6.45, 7) is 0. The third kappa shape index (κ3) is 3.78. The van der Waals surface area contributed by atoms with Crippen molar-refractivity contribution >= 4 is 23.5 Å². The molecule has 0 aliphatic heterocycles. The summed E-state index contributed by atoms with van der Waals surface area (Å²) in [6, 6.07) is 6.02. The highest BCUT2D eigenvalue weighted by atomic mass is 32.1. The maximum Gasteiger partial charge on any atom is 0.281 e. The Morgan fingerprint density at radius 2 is 1.87 bits per heavy atom. The number of hydrogen-bond donors (Lipinski definition) is 1. The minimum Gasteiger partial charge on any atom is -0.493 e. The van der Waals surface area contributed by atoms with Gasteiger partial charge in [0, 0.05) is 5.56 Å². The van der Waals surface area contributed by atoms with E-state index in [9.17, 15) is 9.18 Å². The molecular weight excluding hydrogens is 323 g/mol.